The molecule has 13 heavy (non-hydrogen) atoms. The van der Waals surface area contributed by atoms with Crippen LogP contribution in [0.5, 0.6) is 0 Å². The maximum absolute atomic E-state index is 9.28. The first-order valence-electron chi connectivity index (χ1n) is 3.94. The topological polar surface area (TPSA) is 136 Å². The molecule has 0 rings (SSSR count). The predicted molar refractivity (Wildman–Crippen MR) is 41.5 cm³/mol. The Bertz CT molecular complexity index is 114. The highest BCUT2D eigenvalue weighted by molar-refractivity contribution is 5.86. The van der Waals surface area contributed by atoms with E-state index in [4.69, 9.17) is 0 Å². The Balaban J connectivity index is -0.000000140. The highest BCUT2D eigenvalue weighted by Crippen LogP contribution is 1.66. The van der Waals surface area contributed by atoms with Gasteiger partial charge in [0.05, 0.1) is 13.1 Å². The Labute approximate surface area is 77.5 Å². The summed E-state index contributed by atoms with van der Waals surface area (Å²) in [6.45, 7) is 6.03. The molecule has 0 unspecified atom stereocenters. The molecule has 6 nitrogen and oxygen atoms in total. The highest BCUT2D eigenvalue weighted by Gasteiger charge is 1.81. The third-order valence-electron chi connectivity index (χ3n) is 0.289. The zero-order chi connectivity index (χ0) is 11.3. The molecular formula is C7H18N2O4. The highest BCUT2D eigenvalue weighted by atomic mass is 16.4. The molecule has 80 valence electrons. The van der Waals surface area contributed by atoms with Crippen LogP contribution in [0.4, 0.5) is 0 Å². The van der Waals surface area contributed by atoms with Gasteiger partial charge in [-0.1, -0.05) is 0 Å². The number of carboxylic acid groups (broad SMARTS) is 2. The Morgan fingerprint density at radius 3 is 1.15 bits per heavy atom. The van der Waals surface area contributed by atoms with Gasteiger partial charge in [0, 0.05) is 18.4 Å². The lowest BCUT2D eigenvalue weighted by Crippen LogP contribution is -2.48. The molecule has 0 atom stereocenters. The van der Waals surface area contributed by atoms with Crippen molar-refractivity contribution in [3.05, 3.63) is 0 Å². The van der Waals surface area contributed by atoms with E-state index in [1.54, 1.807) is 0 Å². The van der Waals surface area contributed by atoms with E-state index in [0.29, 0.717) is 0 Å². The van der Waals surface area contributed by atoms with Crippen LogP contribution in [0.2, 0.25) is 0 Å². The fraction of sp³-hybridized carbons (Fsp3) is 0.714. The van der Waals surface area contributed by atoms with Crippen LogP contribution in [0.15, 0.2) is 0 Å². The normalized spacial score (nSPS) is 7.08. The molecule has 0 bridgehead atoms. The van der Waals surface area contributed by atoms with E-state index >= 15 is 0 Å². The quantitative estimate of drug-likeness (QED) is 0.427. The first kappa shape index (κ1) is 17.8. The average molecular weight is 194 g/mol. The first-order valence-corrected chi connectivity index (χ1v) is 3.94. The zero-order valence-electron chi connectivity index (χ0n) is 8.17. The van der Waals surface area contributed by atoms with E-state index in [9.17, 15) is 19.8 Å². The molecule has 0 aromatic carbocycles. The number of aliphatic carboxylic acids is 2. The van der Waals surface area contributed by atoms with Gasteiger partial charge in [0.15, 0.2) is 0 Å². The lowest BCUT2D eigenvalue weighted by molar-refractivity contribution is -0.362. The molecule has 0 fully saturated rings. The lowest BCUT2D eigenvalue weighted by Gasteiger charge is -1.99. The van der Waals surface area contributed by atoms with Crippen LogP contribution in [0.3, 0.4) is 0 Å². The molecule has 0 saturated heterocycles. The summed E-state index contributed by atoms with van der Waals surface area (Å²) in [5, 5.41) is 18.6. The van der Waals surface area contributed by atoms with E-state index in [1.165, 1.54) is 0 Å². The van der Waals surface area contributed by atoms with Crippen LogP contribution in [0.1, 0.15) is 20.3 Å². The van der Waals surface area contributed by atoms with Crippen LogP contribution in [-0.4, -0.2) is 25.0 Å². The van der Waals surface area contributed by atoms with Crippen LogP contribution in [0, 0.1) is 0 Å². The van der Waals surface area contributed by atoms with Gasteiger partial charge in [-0.3, -0.25) is 0 Å². The minimum Gasteiger partial charge on any atom is -0.550 e. The van der Waals surface area contributed by atoms with Crippen LogP contribution in [0.25, 0.3) is 0 Å². The summed E-state index contributed by atoms with van der Waals surface area (Å²) in [5.74, 6) is -3.25. The minimum atomic E-state index is -1.63. The summed E-state index contributed by atoms with van der Waals surface area (Å²) < 4.78 is 0. The fourth-order valence-electron chi connectivity index (χ4n) is 0.118. The first-order chi connectivity index (χ1) is 5.95. The van der Waals surface area contributed by atoms with E-state index in [0.717, 1.165) is 13.1 Å². The number of carbonyl (C=O) groups is 2. The molecule has 0 aliphatic rings. The Morgan fingerprint density at radius 1 is 1.00 bits per heavy atom. The summed E-state index contributed by atoms with van der Waals surface area (Å²) in [6.07, 6.45) is -1.03. The van der Waals surface area contributed by atoms with Crippen molar-refractivity contribution in [1.29, 1.82) is 0 Å². The second-order valence-corrected chi connectivity index (χ2v) is 1.92. The molecule has 0 saturated carbocycles. The molecule has 0 amide bonds. The van der Waals surface area contributed by atoms with E-state index in [2.05, 4.69) is 11.5 Å². The number of carbonyl (C=O) groups excluding carboxylic acids is 2. The van der Waals surface area contributed by atoms with Crippen molar-refractivity contribution in [2.24, 2.45) is 0 Å². The molecular weight excluding hydrogens is 176 g/mol. The fourth-order valence-corrected chi connectivity index (χ4v) is 0.118. The Morgan fingerprint density at radius 2 is 1.15 bits per heavy atom. The molecule has 0 aromatic rings. The van der Waals surface area contributed by atoms with Crippen molar-refractivity contribution in [3.8, 4) is 0 Å². The van der Waals surface area contributed by atoms with Crippen molar-refractivity contribution in [2.45, 2.75) is 20.3 Å². The summed E-state index contributed by atoms with van der Waals surface area (Å²) in [5.41, 5.74) is 6.97. The van der Waals surface area contributed by atoms with Gasteiger partial charge in [-0.2, -0.15) is 0 Å². The number of hydrogen-bond acceptors (Lipinski definition) is 4. The second-order valence-electron chi connectivity index (χ2n) is 1.92. The van der Waals surface area contributed by atoms with Crippen molar-refractivity contribution < 1.29 is 31.3 Å². The number of quaternary nitrogens is 2. The van der Waals surface area contributed by atoms with Gasteiger partial charge in [0.1, 0.15) is 0 Å². The Kier molecular flexibility index (Phi) is 23.4. The van der Waals surface area contributed by atoms with E-state index in [1.807, 2.05) is 13.8 Å². The predicted octanol–water partition coefficient (Wildman–Crippen LogP) is -4.63. The standard InChI is InChI=1S/C3H4O4.2C2H7N/c4-2(5)1-3(6)7;2*1-2-3/h1H2,(H,4,5)(H,6,7);2*2-3H2,1H3. The third-order valence-corrected chi connectivity index (χ3v) is 0.289. The lowest BCUT2D eigenvalue weighted by atomic mass is 10.5. The van der Waals surface area contributed by atoms with Gasteiger partial charge >= 0.3 is 0 Å². The smallest absolute Gasteiger partial charge is 0.0711 e. The maximum atomic E-state index is 9.28. The molecule has 0 radical (unpaired) electrons. The summed E-state index contributed by atoms with van der Waals surface area (Å²) in [6, 6.07) is 0. The maximum Gasteiger partial charge on any atom is 0.0711 e. The summed E-state index contributed by atoms with van der Waals surface area (Å²) >= 11 is 0. The van der Waals surface area contributed by atoms with Gasteiger partial charge in [-0.05, 0) is 13.8 Å². The van der Waals surface area contributed by atoms with Gasteiger partial charge in [0.2, 0.25) is 0 Å². The minimum absolute atomic E-state index is 1.00. The second kappa shape index (κ2) is 17.1. The molecule has 0 aromatic heterocycles. The molecule has 0 aliphatic heterocycles. The molecule has 6 heteroatoms. The SMILES string of the molecule is CC[NH3+].CC[NH3+].O=C([O-])CC(=O)[O-]. The van der Waals surface area contributed by atoms with Crippen LogP contribution < -0.4 is 21.7 Å². The van der Waals surface area contributed by atoms with Crippen molar-refractivity contribution in [3.63, 3.8) is 0 Å². The summed E-state index contributed by atoms with van der Waals surface area (Å²) in [7, 11) is 0. The van der Waals surface area contributed by atoms with E-state index in [-0.39, 0.29) is 0 Å². The number of rotatable bonds is 2. The number of carboxylic acids is 2. The molecule has 0 spiro atoms. The largest absolute Gasteiger partial charge is 0.550 e. The molecule has 6 N–H and O–H groups in total. The van der Waals surface area contributed by atoms with Crippen molar-refractivity contribution in [1.82, 2.24) is 0 Å². The monoisotopic (exact) mass is 194 g/mol. The van der Waals surface area contributed by atoms with Gasteiger partial charge in [-0.25, -0.2) is 0 Å². The van der Waals surface area contributed by atoms with Crippen molar-refractivity contribution >= 4 is 11.9 Å². The zero-order valence-corrected chi connectivity index (χ0v) is 8.17. The molecule has 0 aliphatic carbocycles. The van der Waals surface area contributed by atoms with Gasteiger partial charge < -0.3 is 31.3 Å². The average Bonchev–Trinajstić information content (AvgIpc) is 1.86. The Hall–Kier alpha value is -1.14. The molecule has 0 heterocycles. The van der Waals surface area contributed by atoms with Gasteiger partial charge in [0.25, 0.3) is 0 Å². The van der Waals surface area contributed by atoms with Gasteiger partial charge in [-0.15, -0.1) is 0 Å². The van der Waals surface area contributed by atoms with E-state index < -0.39 is 18.4 Å². The summed E-state index contributed by atoms with van der Waals surface area (Å²) in [4.78, 5) is 18.6. The van der Waals surface area contributed by atoms with Crippen LogP contribution in [-0.2, 0) is 9.59 Å². The number of hydrogen-bond donors (Lipinski definition) is 2. The third kappa shape index (κ3) is 104. The van der Waals surface area contributed by atoms with Crippen molar-refractivity contribution in [2.75, 3.05) is 13.1 Å². The van der Waals surface area contributed by atoms with Crippen LogP contribution >= 0.6 is 0 Å².